The molecule has 4 rings (SSSR count). The zero-order chi connectivity index (χ0) is 20.4. The molecule has 0 radical (unpaired) electrons. The highest BCUT2D eigenvalue weighted by Gasteiger charge is 2.15. The Labute approximate surface area is 181 Å². The summed E-state index contributed by atoms with van der Waals surface area (Å²) in [6.07, 6.45) is 5.02. The van der Waals surface area contributed by atoms with Crippen LogP contribution in [0.3, 0.4) is 0 Å². The minimum absolute atomic E-state index is 0.248. The van der Waals surface area contributed by atoms with Crippen LogP contribution in [0.5, 0.6) is 0 Å². The van der Waals surface area contributed by atoms with E-state index in [-0.39, 0.29) is 5.91 Å². The van der Waals surface area contributed by atoms with Gasteiger partial charge in [-0.1, -0.05) is 53.0 Å². The van der Waals surface area contributed by atoms with E-state index in [1.807, 2.05) is 36.6 Å². The van der Waals surface area contributed by atoms with E-state index >= 15 is 0 Å². The average Bonchev–Trinajstić information content (AvgIpc) is 3.37. The predicted octanol–water partition coefficient (Wildman–Crippen LogP) is 5.11. The highest BCUT2D eigenvalue weighted by Crippen LogP contribution is 2.23. The molecule has 148 valence electrons. The van der Waals surface area contributed by atoms with Crippen molar-refractivity contribution in [3.63, 3.8) is 0 Å². The lowest BCUT2D eigenvalue weighted by Gasteiger charge is -2.03. The van der Waals surface area contributed by atoms with Crippen LogP contribution in [0, 0.1) is 6.92 Å². The highest BCUT2D eigenvalue weighted by atomic mass is 35.5. The molecule has 0 bridgehead atoms. The molecule has 0 saturated heterocycles. The van der Waals surface area contributed by atoms with Crippen molar-refractivity contribution in [2.75, 3.05) is 5.32 Å². The van der Waals surface area contributed by atoms with Crippen LogP contribution < -0.4 is 5.32 Å². The van der Waals surface area contributed by atoms with Gasteiger partial charge in [0.1, 0.15) is 5.02 Å². The molecule has 3 heterocycles. The first-order valence-electron chi connectivity index (χ1n) is 8.81. The van der Waals surface area contributed by atoms with E-state index in [1.165, 1.54) is 16.9 Å². The number of carbonyl (C=O) groups is 1. The lowest BCUT2D eigenvalue weighted by atomic mass is 10.1. The van der Waals surface area contributed by atoms with Gasteiger partial charge in [-0.25, -0.2) is 0 Å². The van der Waals surface area contributed by atoms with Gasteiger partial charge in [-0.15, -0.1) is 11.3 Å². The van der Waals surface area contributed by atoms with Crippen molar-refractivity contribution in [1.82, 2.24) is 19.6 Å². The number of aryl methyl sites for hydroxylation is 1. The van der Waals surface area contributed by atoms with Crippen LogP contribution in [0.1, 0.15) is 26.4 Å². The van der Waals surface area contributed by atoms with Crippen molar-refractivity contribution < 1.29 is 4.79 Å². The fourth-order valence-electron chi connectivity index (χ4n) is 2.92. The molecule has 4 aromatic rings. The quantitative estimate of drug-likeness (QED) is 0.448. The maximum atomic E-state index is 12.6. The summed E-state index contributed by atoms with van der Waals surface area (Å²) in [6, 6.07) is 9.99. The summed E-state index contributed by atoms with van der Waals surface area (Å²) in [6.45, 7) is 3.16. The summed E-state index contributed by atoms with van der Waals surface area (Å²) in [5.74, 6) is 0.0978. The Kier molecular flexibility index (Phi) is 5.71. The molecule has 1 aromatic carbocycles. The third-order valence-electron chi connectivity index (χ3n) is 4.20. The summed E-state index contributed by atoms with van der Waals surface area (Å²) in [5.41, 5.74) is 3.26. The minimum atomic E-state index is -0.248. The number of nitrogens with one attached hydrogen (secondary N) is 1. The summed E-state index contributed by atoms with van der Waals surface area (Å²) in [7, 11) is 0. The molecular formula is C20H17Cl2N5OS. The number of hydrogen-bond acceptors (Lipinski definition) is 4. The molecule has 0 aliphatic rings. The van der Waals surface area contributed by atoms with Crippen LogP contribution in [0.15, 0.2) is 54.3 Å². The molecule has 0 fully saturated rings. The normalized spacial score (nSPS) is 11.0. The first kappa shape index (κ1) is 19.7. The summed E-state index contributed by atoms with van der Waals surface area (Å²) < 4.78 is 3.43. The fraction of sp³-hybridized carbons (Fsp3) is 0.150. The second kappa shape index (κ2) is 8.41. The van der Waals surface area contributed by atoms with E-state index < -0.39 is 0 Å². The van der Waals surface area contributed by atoms with Gasteiger partial charge in [0, 0.05) is 12.4 Å². The maximum Gasteiger partial charge on any atom is 0.266 e. The third kappa shape index (κ3) is 4.87. The van der Waals surface area contributed by atoms with Crippen LogP contribution in [-0.2, 0) is 13.1 Å². The molecule has 29 heavy (non-hydrogen) atoms. The van der Waals surface area contributed by atoms with Crippen molar-refractivity contribution in [3.8, 4) is 0 Å². The first-order chi connectivity index (χ1) is 14.0. The number of anilines is 1. The topological polar surface area (TPSA) is 64.7 Å². The predicted molar refractivity (Wildman–Crippen MR) is 116 cm³/mol. The largest absolute Gasteiger partial charge is 0.303 e. The van der Waals surface area contributed by atoms with Gasteiger partial charge in [0.15, 0.2) is 5.82 Å². The first-order valence-corrected chi connectivity index (χ1v) is 10.4. The molecule has 3 aromatic heterocycles. The number of amides is 1. The van der Waals surface area contributed by atoms with Gasteiger partial charge in [0.2, 0.25) is 0 Å². The molecule has 0 unspecified atom stereocenters. The summed E-state index contributed by atoms with van der Waals surface area (Å²) >= 11 is 13.5. The highest BCUT2D eigenvalue weighted by molar-refractivity contribution is 7.12. The second-order valence-corrected chi connectivity index (χ2v) is 8.40. The van der Waals surface area contributed by atoms with Crippen LogP contribution in [0.25, 0.3) is 0 Å². The van der Waals surface area contributed by atoms with E-state index in [2.05, 4.69) is 21.6 Å². The SMILES string of the molecule is Cc1cccc(Cn2cc(Cl)c(NC(=O)c3cc(Cn4cc(Cl)cn4)cs3)n2)c1. The molecule has 0 aliphatic carbocycles. The number of carbonyl (C=O) groups excluding carboxylic acids is 1. The van der Waals surface area contributed by atoms with Gasteiger partial charge in [-0.3, -0.25) is 14.2 Å². The standard InChI is InChI=1S/C20H17Cl2N5OS/c1-13-3-2-4-14(5-13)8-27-11-17(22)19(25-27)24-20(28)18-6-15(12-29-18)9-26-10-16(21)7-23-26/h2-7,10-12H,8-9H2,1H3,(H,24,25,28). The molecule has 9 heteroatoms. The zero-order valence-corrected chi connectivity index (χ0v) is 17.8. The summed E-state index contributed by atoms with van der Waals surface area (Å²) in [5, 5.41) is 14.2. The van der Waals surface area contributed by atoms with E-state index in [9.17, 15) is 4.79 Å². The lowest BCUT2D eigenvalue weighted by molar-refractivity contribution is 0.103. The van der Waals surface area contributed by atoms with Gasteiger partial charge < -0.3 is 5.32 Å². The van der Waals surface area contributed by atoms with Gasteiger partial charge in [0.25, 0.3) is 5.91 Å². The molecular weight excluding hydrogens is 429 g/mol. The number of nitrogens with zero attached hydrogens (tertiary/aromatic N) is 4. The van der Waals surface area contributed by atoms with Crippen molar-refractivity contribution >= 4 is 46.3 Å². The smallest absolute Gasteiger partial charge is 0.266 e. The molecule has 1 amide bonds. The van der Waals surface area contributed by atoms with Crippen molar-refractivity contribution in [1.29, 1.82) is 0 Å². The van der Waals surface area contributed by atoms with E-state index in [1.54, 1.807) is 28.0 Å². The van der Waals surface area contributed by atoms with Gasteiger partial charge in [-0.05, 0) is 29.5 Å². The third-order valence-corrected chi connectivity index (χ3v) is 5.65. The van der Waals surface area contributed by atoms with Crippen LogP contribution >= 0.6 is 34.5 Å². The fourth-order valence-corrected chi connectivity index (χ4v) is 4.07. The van der Waals surface area contributed by atoms with Gasteiger partial charge >= 0.3 is 0 Å². The van der Waals surface area contributed by atoms with Crippen molar-refractivity contribution in [2.24, 2.45) is 0 Å². The number of thiophene rings is 1. The number of hydrogen-bond donors (Lipinski definition) is 1. The van der Waals surface area contributed by atoms with Crippen LogP contribution in [-0.4, -0.2) is 25.5 Å². The zero-order valence-electron chi connectivity index (χ0n) is 15.5. The number of benzene rings is 1. The Morgan fingerprint density at radius 3 is 2.72 bits per heavy atom. The Morgan fingerprint density at radius 2 is 1.97 bits per heavy atom. The van der Waals surface area contributed by atoms with E-state index in [0.29, 0.717) is 33.8 Å². The maximum absolute atomic E-state index is 12.6. The van der Waals surface area contributed by atoms with Gasteiger partial charge in [0.05, 0.1) is 29.2 Å². The number of halogens is 2. The molecule has 0 saturated carbocycles. The molecule has 0 aliphatic heterocycles. The number of aromatic nitrogens is 4. The van der Waals surface area contributed by atoms with Gasteiger partial charge in [-0.2, -0.15) is 10.2 Å². The van der Waals surface area contributed by atoms with Crippen molar-refractivity contribution in [3.05, 3.63) is 85.9 Å². The summed E-state index contributed by atoms with van der Waals surface area (Å²) in [4.78, 5) is 13.2. The van der Waals surface area contributed by atoms with E-state index in [0.717, 1.165) is 11.1 Å². The molecule has 6 nitrogen and oxygen atoms in total. The Morgan fingerprint density at radius 1 is 1.14 bits per heavy atom. The van der Waals surface area contributed by atoms with Crippen LogP contribution in [0.4, 0.5) is 5.82 Å². The minimum Gasteiger partial charge on any atom is -0.303 e. The Bertz CT molecular complexity index is 1160. The second-order valence-electron chi connectivity index (χ2n) is 6.64. The Balaban J connectivity index is 1.42. The molecule has 0 atom stereocenters. The molecule has 1 N–H and O–H groups in total. The monoisotopic (exact) mass is 445 g/mol. The molecule has 0 spiro atoms. The van der Waals surface area contributed by atoms with E-state index in [4.69, 9.17) is 23.2 Å². The average molecular weight is 446 g/mol. The Hall–Kier alpha value is -2.61. The lowest BCUT2D eigenvalue weighted by Crippen LogP contribution is -2.12. The van der Waals surface area contributed by atoms with Crippen LogP contribution in [0.2, 0.25) is 10.0 Å². The number of rotatable bonds is 6. The van der Waals surface area contributed by atoms with Crippen molar-refractivity contribution in [2.45, 2.75) is 20.0 Å².